The van der Waals surface area contributed by atoms with E-state index in [9.17, 15) is 8.42 Å². The second-order valence-electron chi connectivity index (χ2n) is 5.67. The molecule has 1 aliphatic heterocycles. The van der Waals surface area contributed by atoms with Crippen molar-refractivity contribution < 1.29 is 8.42 Å². The van der Waals surface area contributed by atoms with Crippen molar-refractivity contribution in [3.63, 3.8) is 0 Å². The highest BCUT2D eigenvalue weighted by molar-refractivity contribution is 7.89. The zero-order valence-corrected chi connectivity index (χ0v) is 12.5. The monoisotopic (exact) mass is 286 g/mol. The molecule has 1 aliphatic rings. The molecule has 0 saturated carbocycles. The van der Waals surface area contributed by atoms with Crippen LogP contribution in [-0.4, -0.2) is 37.1 Å². The molecule has 108 valence electrons. The van der Waals surface area contributed by atoms with Crippen LogP contribution in [0.2, 0.25) is 0 Å². The zero-order valence-electron chi connectivity index (χ0n) is 11.7. The fraction of sp³-hybridized carbons (Fsp3) is 0.750. The smallest absolute Gasteiger partial charge is 0.259 e. The van der Waals surface area contributed by atoms with E-state index in [0.29, 0.717) is 6.54 Å². The number of nitrogens with one attached hydrogen (secondary N) is 2. The number of aryl methyl sites for hydroxylation is 1. The van der Waals surface area contributed by atoms with Crippen molar-refractivity contribution in [2.24, 2.45) is 5.41 Å². The van der Waals surface area contributed by atoms with E-state index in [0.717, 1.165) is 19.5 Å². The normalized spacial score (nSPS) is 23.4. The number of hydrogen-bond acceptors (Lipinski definition) is 4. The average Bonchev–Trinajstić information content (AvgIpc) is 2.81. The molecule has 2 rings (SSSR count). The summed E-state index contributed by atoms with van der Waals surface area (Å²) < 4.78 is 29.2. The summed E-state index contributed by atoms with van der Waals surface area (Å²) in [6.45, 7) is 8.43. The molecule has 1 unspecified atom stereocenters. The standard InChI is InChI=1S/C12H22N4O2S/c1-4-16-7-11(14-9-16)19(17,18)15-10-5-6-13-8-12(10,2)3/h7,9-10,13,15H,4-6,8H2,1-3H3. The number of piperidine rings is 1. The minimum atomic E-state index is -3.53. The van der Waals surface area contributed by atoms with Crippen LogP contribution < -0.4 is 10.0 Å². The van der Waals surface area contributed by atoms with Crippen LogP contribution >= 0.6 is 0 Å². The Morgan fingerprint density at radius 1 is 1.58 bits per heavy atom. The van der Waals surface area contributed by atoms with Gasteiger partial charge in [-0.3, -0.25) is 0 Å². The third-order valence-corrected chi connectivity index (χ3v) is 5.04. The Morgan fingerprint density at radius 2 is 2.32 bits per heavy atom. The van der Waals surface area contributed by atoms with E-state index in [2.05, 4.69) is 28.9 Å². The molecule has 0 amide bonds. The summed E-state index contributed by atoms with van der Waals surface area (Å²) in [4.78, 5) is 3.97. The van der Waals surface area contributed by atoms with Crippen LogP contribution in [0, 0.1) is 5.41 Å². The van der Waals surface area contributed by atoms with Gasteiger partial charge in [0, 0.05) is 25.3 Å². The van der Waals surface area contributed by atoms with Crippen molar-refractivity contribution in [1.82, 2.24) is 19.6 Å². The van der Waals surface area contributed by atoms with Gasteiger partial charge in [0.05, 0.1) is 6.33 Å². The minimum Gasteiger partial charge on any atom is -0.336 e. The SMILES string of the molecule is CCn1cnc(S(=O)(=O)NC2CCNCC2(C)C)c1. The number of rotatable bonds is 4. The molecule has 6 nitrogen and oxygen atoms in total. The highest BCUT2D eigenvalue weighted by atomic mass is 32.2. The molecule has 0 aliphatic carbocycles. The molecule has 1 atom stereocenters. The van der Waals surface area contributed by atoms with Gasteiger partial charge in [-0.05, 0) is 25.3 Å². The lowest BCUT2D eigenvalue weighted by Crippen LogP contribution is -2.54. The lowest BCUT2D eigenvalue weighted by molar-refractivity contribution is 0.206. The molecule has 7 heteroatoms. The van der Waals surface area contributed by atoms with Crippen LogP contribution in [-0.2, 0) is 16.6 Å². The Kier molecular flexibility index (Phi) is 3.98. The third kappa shape index (κ3) is 3.16. The molecule has 2 heterocycles. The van der Waals surface area contributed by atoms with Crippen LogP contribution in [0.5, 0.6) is 0 Å². The molecule has 19 heavy (non-hydrogen) atoms. The van der Waals surface area contributed by atoms with Gasteiger partial charge in [0.25, 0.3) is 10.0 Å². The van der Waals surface area contributed by atoms with E-state index in [1.165, 1.54) is 0 Å². The molecule has 0 aromatic carbocycles. The van der Waals surface area contributed by atoms with Gasteiger partial charge in [0.1, 0.15) is 0 Å². The Balaban J connectivity index is 2.16. The van der Waals surface area contributed by atoms with Crippen molar-refractivity contribution in [1.29, 1.82) is 0 Å². The first-order valence-corrected chi connectivity index (χ1v) is 8.08. The minimum absolute atomic E-state index is 0.0643. The summed E-state index contributed by atoms with van der Waals surface area (Å²) in [5.74, 6) is 0. The van der Waals surface area contributed by atoms with Gasteiger partial charge >= 0.3 is 0 Å². The van der Waals surface area contributed by atoms with Crippen LogP contribution in [0.3, 0.4) is 0 Å². The van der Waals surface area contributed by atoms with Crippen LogP contribution in [0.15, 0.2) is 17.6 Å². The van der Waals surface area contributed by atoms with E-state index in [-0.39, 0.29) is 16.5 Å². The molecule has 1 aromatic heterocycles. The number of hydrogen-bond donors (Lipinski definition) is 2. The molecule has 1 saturated heterocycles. The summed E-state index contributed by atoms with van der Waals surface area (Å²) in [6, 6.07) is -0.0643. The molecular weight excluding hydrogens is 264 g/mol. The van der Waals surface area contributed by atoms with Crippen molar-refractivity contribution in [3.8, 4) is 0 Å². The maximum atomic E-state index is 12.3. The highest BCUT2D eigenvalue weighted by Gasteiger charge is 2.35. The highest BCUT2D eigenvalue weighted by Crippen LogP contribution is 2.26. The van der Waals surface area contributed by atoms with E-state index >= 15 is 0 Å². The van der Waals surface area contributed by atoms with Crippen LogP contribution in [0.4, 0.5) is 0 Å². The van der Waals surface area contributed by atoms with Crippen LogP contribution in [0.1, 0.15) is 27.2 Å². The number of sulfonamides is 1. The lowest BCUT2D eigenvalue weighted by Gasteiger charge is -2.38. The van der Waals surface area contributed by atoms with E-state index in [4.69, 9.17) is 0 Å². The molecule has 0 spiro atoms. The quantitative estimate of drug-likeness (QED) is 0.848. The molecule has 2 N–H and O–H groups in total. The Labute approximate surface area is 114 Å². The fourth-order valence-electron chi connectivity index (χ4n) is 2.29. The van der Waals surface area contributed by atoms with Crippen molar-refractivity contribution in [2.45, 2.75) is 44.8 Å². The first-order valence-electron chi connectivity index (χ1n) is 6.60. The number of nitrogens with zero attached hydrogens (tertiary/aromatic N) is 2. The summed E-state index contributed by atoms with van der Waals surface area (Å²) in [5, 5.41) is 3.39. The molecule has 1 aromatic rings. The van der Waals surface area contributed by atoms with Crippen molar-refractivity contribution >= 4 is 10.0 Å². The first kappa shape index (κ1) is 14.5. The Morgan fingerprint density at radius 3 is 2.89 bits per heavy atom. The van der Waals surface area contributed by atoms with Gasteiger partial charge in [0.15, 0.2) is 5.03 Å². The molecule has 0 bridgehead atoms. The summed E-state index contributed by atoms with van der Waals surface area (Å²) in [6.07, 6.45) is 3.90. The van der Waals surface area contributed by atoms with Gasteiger partial charge in [-0.1, -0.05) is 13.8 Å². The number of aromatic nitrogens is 2. The van der Waals surface area contributed by atoms with E-state index < -0.39 is 10.0 Å². The maximum absolute atomic E-state index is 12.3. The predicted octanol–water partition coefficient (Wildman–Crippen LogP) is 0.569. The summed E-state index contributed by atoms with van der Waals surface area (Å²) in [5.41, 5.74) is -0.0986. The van der Waals surface area contributed by atoms with Gasteiger partial charge in [-0.2, -0.15) is 0 Å². The second-order valence-corrected chi connectivity index (χ2v) is 7.33. The second kappa shape index (κ2) is 5.22. The number of imidazole rings is 1. The average molecular weight is 286 g/mol. The van der Waals surface area contributed by atoms with E-state index in [1.54, 1.807) is 17.1 Å². The summed E-state index contributed by atoms with van der Waals surface area (Å²) >= 11 is 0. The largest absolute Gasteiger partial charge is 0.336 e. The molecule has 1 fully saturated rings. The van der Waals surface area contributed by atoms with Gasteiger partial charge in [0.2, 0.25) is 0 Å². The topological polar surface area (TPSA) is 76.0 Å². The van der Waals surface area contributed by atoms with Gasteiger partial charge in [-0.25, -0.2) is 18.1 Å². The van der Waals surface area contributed by atoms with Gasteiger partial charge in [-0.15, -0.1) is 0 Å². The molecule has 0 radical (unpaired) electrons. The lowest BCUT2D eigenvalue weighted by atomic mass is 9.81. The Hall–Kier alpha value is -0.920. The fourth-order valence-corrected chi connectivity index (χ4v) is 3.68. The van der Waals surface area contributed by atoms with Crippen molar-refractivity contribution in [2.75, 3.05) is 13.1 Å². The van der Waals surface area contributed by atoms with Crippen molar-refractivity contribution in [3.05, 3.63) is 12.5 Å². The molecular formula is C12H22N4O2S. The Bertz CT molecular complexity index is 536. The summed E-state index contributed by atoms with van der Waals surface area (Å²) in [7, 11) is -3.53. The third-order valence-electron chi connectivity index (χ3n) is 3.68. The van der Waals surface area contributed by atoms with E-state index in [1.807, 2.05) is 6.92 Å². The van der Waals surface area contributed by atoms with Crippen LogP contribution in [0.25, 0.3) is 0 Å². The predicted molar refractivity (Wildman–Crippen MR) is 73.3 cm³/mol. The zero-order chi connectivity index (χ0) is 14.1. The maximum Gasteiger partial charge on any atom is 0.259 e. The first-order chi connectivity index (χ1) is 8.85. The van der Waals surface area contributed by atoms with Gasteiger partial charge < -0.3 is 9.88 Å².